The van der Waals surface area contributed by atoms with E-state index in [9.17, 15) is 0 Å². The van der Waals surface area contributed by atoms with E-state index in [4.69, 9.17) is 4.74 Å². The van der Waals surface area contributed by atoms with Crippen LogP contribution in [-0.4, -0.2) is 24.6 Å². The van der Waals surface area contributed by atoms with Crippen molar-refractivity contribution >= 4 is 5.96 Å². The second-order valence-corrected chi connectivity index (χ2v) is 4.64. The molecule has 0 fully saturated rings. The third kappa shape index (κ3) is 4.77. The van der Waals surface area contributed by atoms with Gasteiger partial charge in [0, 0.05) is 25.4 Å². The van der Waals surface area contributed by atoms with Crippen molar-refractivity contribution in [1.82, 2.24) is 15.6 Å². The molecule has 1 aromatic carbocycles. The summed E-state index contributed by atoms with van der Waals surface area (Å²) in [6.45, 7) is 3.92. The predicted octanol–water partition coefficient (Wildman–Crippen LogP) is 2.35. The van der Waals surface area contributed by atoms with Crippen LogP contribution in [-0.2, 0) is 13.1 Å². The summed E-state index contributed by atoms with van der Waals surface area (Å²) in [7, 11) is 1.75. The molecule has 0 aliphatic rings. The normalized spacial score (nSPS) is 11.1. The van der Waals surface area contributed by atoms with Crippen LogP contribution in [0.1, 0.15) is 18.2 Å². The highest BCUT2D eigenvalue weighted by Crippen LogP contribution is 2.17. The molecule has 1 aromatic heterocycles. The molecule has 2 N–H and O–H groups in total. The van der Waals surface area contributed by atoms with Gasteiger partial charge in [0.1, 0.15) is 5.75 Å². The third-order valence-electron chi connectivity index (χ3n) is 3.11. The molecule has 0 saturated heterocycles. The molecular weight excluding hydrogens is 276 g/mol. The maximum absolute atomic E-state index is 5.62. The van der Waals surface area contributed by atoms with Crippen molar-refractivity contribution < 1.29 is 4.74 Å². The summed E-state index contributed by atoms with van der Waals surface area (Å²) in [5, 5.41) is 6.53. The zero-order valence-corrected chi connectivity index (χ0v) is 13.0. The fraction of sp³-hybridized carbons (Fsp3) is 0.294. The van der Waals surface area contributed by atoms with E-state index >= 15 is 0 Å². The highest BCUT2D eigenvalue weighted by atomic mass is 16.5. The Morgan fingerprint density at radius 2 is 1.86 bits per heavy atom. The molecule has 0 spiro atoms. The minimum Gasteiger partial charge on any atom is -0.494 e. The standard InChI is InChI=1S/C17H22N4O/c1-3-22-16-10-5-4-8-14(16)12-20-17(18-2)21-13-15-9-6-7-11-19-15/h4-11H,3,12-13H2,1-2H3,(H2,18,20,21). The van der Waals surface area contributed by atoms with Crippen molar-refractivity contribution in [3.8, 4) is 5.75 Å². The van der Waals surface area contributed by atoms with Gasteiger partial charge >= 0.3 is 0 Å². The average molecular weight is 298 g/mol. The number of hydrogen-bond acceptors (Lipinski definition) is 3. The predicted molar refractivity (Wildman–Crippen MR) is 88.9 cm³/mol. The Labute approximate surface area is 131 Å². The lowest BCUT2D eigenvalue weighted by Crippen LogP contribution is -2.36. The molecule has 0 bridgehead atoms. The van der Waals surface area contributed by atoms with Gasteiger partial charge in [0.05, 0.1) is 18.8 Å². The van der Waals surface area contributed by atoms with Gasteiger partial charge in [-0.25, -0.2) is 0 Å². The van der Waals surface area contributed by atoms with Crippen LogP contribution in [0.4, 0.5) is 0 Å². The van der Waals surface area contributed by atoms with Crippen LogP contribution in [0.5, 0.6) is 5.75 Å². The second-order valence-electron chi connectivity index (χ2n) is 4.64. The molecule has 0 unspecified atom stereocenters. The zero-order chi connectivity index (χ0) is 15.6. The molecule has 0 aliphatic heterocycles. The van der Waals surface area contributed by atoms with Gasteiger partial charge in [-0.05, 0) is 25.1 Å². The Morgan fingerprint density at radius 3 is 2.59 bits per heavy atom. The molecule has 0 atom stereocenters. The van der Waals surface area contributed by atoms with E-state index < -0.39 is 0 Å². The maximum Gasteiger partial charge on any atom is 0.191 e. The van der Waals surface area contributed by atoms with E-state index in [1.54, 1.807) is 13.2 Å². The first kappa shape index (κ1) is 15.8. The highest BCUT2D eigenvalue weighted by molar-refractivity contribution is 5.79. The van der Waals surface area contributed by atoms with Crippen molar-refractivity contribution in [2.75, 3.05) is 13.7 Å². The van der Waals surface area contributed by atoms with E-state index in [-0.39, 0.29) is 0 Å². The van der Waals surface area contributed by atoms with Gasteiger partial charge < -0.3 is 15.4 Å². The number of guanidine groups is 1. The third-order valence-corrected chi connectivity index (χ3v) is 3.11. The lowest BCUT2D eigenvalue weighted by Gasteiger charge is -2.14. The fourth-order valence-electron chi connectivity index (χ4n) is 2.02. The Bertz CT molecular complexity index is 599. The van der Waals surface area contributed by atoms with E-state index in [0.29, 0.717) is 19.7 Å². The van der Waals surface area contributed by atoms with Crippen LogP contribution in [0.3, 0.4) is 0 Å². The smallest absolute Gasteiger partial charge is 0.191 e. The molecule has 0 amide bonds. The Kier molecular flexibility index (Phi) is 6.23. The number of nitrogens with zero attached hydrogens (tertiary/aromatic N) is 2. The number of aromatic nitrogens is 1. The molecule has 0 saturated carbocycles. The van der Waals surface area contributed by atoms with Crippen molar-refractivity contribution in [2.45, 2.75) is 20.0 Å². The molecule has 116 valence electrons. The van der Waals surface area contributed by atoms with Gasteiger partial charge in [-0.15, -0.1) is 0 Å². The summed E-state index contributed by atoms with van der Waals surface area (Å²) in [6, 6.07) is 13.9. The molecule has 2 aromatic rings. The number of benzene rings is 1. The molecule has 1 heterocycles. The number of rotatable bonds is 6. The van der Waals surface area contributed by atoms with Crippen LogP contribution in [0.15, 0.2) is 53.7 Å². The zero-order valence-electron chi connectivity index (χ0n) is 13.0. The molecule has 0 aliphatic carbocycles. The molecule has 22 heavy (non-hydrogen) atoms. The van der Waals surface area contributed by atoms with Crippen LogP contribution < -0.4 is 15.4 Å². The Balaban J connectivity index is 1.89. The van der Waals surface area contributed by atoms with Crippen molar-refractivity contribution in [1.29, 1.82) is 0 Å². The molecule has 5 heteroatoms. The van der Waals surface area contributed by atoms with Gasteiger partial charge in [-0.3, -0.25) is 9.98 Å². The molecule has 5 nitrogen and oxygen atoms in total. The summed E-state index contributed by atoms with van der Waals surface area (Å²) in [5.74, 6) is 1.63. The molecule has 2 rings (SSSR count). The fourth-order valence-corrected chi connectivity index (χ4v) is 2.02. The lowest BCUT2D eigenvalue weighted by molar-refractivity contribution is 0.336. The van der Waals surface area contributed by atoms with Crippen molar-refractivity contribution in [3.05, 3.63) is 59.9 Å². The highest BCUT2D eigenvalue weighted by Gasteiger charge is 2.04. The minimum atomic E-state index is 0.633. The SMILES string of the molecule is CCOc1ccccc1CNC(=NC)NCc1ccccn1. The quantitative estimate of drug-likeness (QED) is 0.635. The van der Waals surface area contributed by atoms with Crippen molar-refractivity contribution in [2.24, 2.45) is 4.99 Å². The Hall–Kier alpha value is -2.56. The average Bonchev–Trinajstić information content (AvgIpc) is 2.57. The summed E-state index contributed by atoms with van der Waals surface area (Å²) < 4.78 is 5.62. The molecular formula is C17H22N4O. The van der Waals surface area contributed by atoms with E-state index in [2.05, 4.69) is 20.6 Å². The summed E-state index contributed by atoms with van der Waals surface area (Å²) in [5.41, 5.74) is 2.07. The van der Waals surface area contributed by atoms with E-state index in [1.807, 2.05) is 49.4 Å². The number of aliphatic imine (C=N–C) groups is 1. The summed E-state index contributed by atoms with van der Waals surface area (Å²) in [4.78, 5) is 8.50. The van der Waals surface area contributed by atoms with Crippen LogP contribution >= 0.6 is 0 Å². The number of hydrogen-bond donors (Lipinski definition) is 2. The van der Waals surface area contributed by atoms with Gasteiger partial charge in [0.15, 0.2) is 5.96 Å². The number of ether oxygens (including phenoxy) is 1. The number of nitrogens with one attached hydrogen (secondary N) is 2. The van der Waals surface area contributed by atoms with Gasteiger partial charge in [-0.1, -0.05) is 24.3 Å². The van der Waals surface area contributed by atoms with Crippen molar-refractivity contribution in [3.63, 3.8) is 0 Å². The summed E-state index contributed by atoms with van der Waals surface area (Å²) in [6.07, 6.45) is 1.78. The minimum absolute atomic E-state index is 0.633. The first-order valence-corrected chi connectivity index (χ1v) is 7.38. The van der Waals surface area contributed by atoms with Gasteiger partial charge in [0.25, 0.3) is 0 Å². The second kappa shape index (κ2) is 8.67. The largest absolute Gasteiger partial charge is 0.494 e. The van der Waals surface area contributed by atoms with E-state index in [0.717, 1.165) is 23.0 Å². The van der Waals surface area contributed by atoms with Crippen LogP contribution in [0.25, 0.3) is 0 Å². The van der Waals surface area contributed by atoms with Gasteiger partial charge in [0.2, 0.25) is 0 Å². The first-order valence-electron chi connectivity index (χ1n) is 7.38. The summed E-state index contributed by atoms with van der Waals surface area (Å²) >= 11 is 0. The molecule has 0 radical (unpaired) electrons. The monoisotopic (exact) mass is 298 g/mol. The van der Waals surface area contributed by atoms with Crippen LogP contribution in [0.2, 0.25) is 0 Å². The lowest BCUT2D eigenvalue weighted by atomic mass is 10.2. The number of para-hydroxylation sites is 1. The first-order chi connectivity index (χ1) is 10.8. The number of pyridine rings is 1. The topological polar surface area (TPSA) is 58.5 Å². The Morgan fingerprint density at radius 1 is 1.09 bits per heavy atom. The van der Waals surface area contributed by atoms with Gasteiger partial charge in [-0.2, -0.15) is 0 Å². The van der Waals surface area contributed by atoms with Crippen LogP contribution in [0, 0.1) is 0 Å². The maximum atomic E-state index is 5.62. The van der Waals surface area contributed by atoms with E-state index in [1.165, 1.54) is 0 Å².